The van der Waals surface area contributed by atoms with E-state index >= 15 is 0 Å². The number of nitrogens with one attached hydrogen (secondary N) is 2. The maximum atomic E-state index is 11.9. The number of nitroso groups, excluding NO2 is 1. The monoisotopic (exact) mass is 239 g/mol. The van der Waals surface area contributed by atoms with Crippen LogP contribution in [0.2, 0.25) is 0 Å². The molecule has 0 aliphatic carbocycles. The van der Waals surface area contributed by atoms with Crippen molar-refractivity contribution in [3.05, 3.63) is 25.7 Å². The molecule has 1 saturated heterocycles. The molecule has 8 nitrogen and oxygen atoms in total. The summed E-state index contributed by atoms with van der Waals surface area (Å²) < 4.78 is 1.04. The lowest BCUT2D eigenvalue weighted by molar-refractivity contribution is 0.351. The lowest BCUT2D eigenvalue weighted by Crippen LogP contribution is -2.42. The Kier molecular flexibility index (Phi) is 3.05. The number of hydrogen-bond donors (Lipinski definition) is 3. The van der Waals surface area contributed by atoms with Gasteiger partial charge in [-0.15, -0.1) is 4.91 Å². The van der Waals surface area contributed by atoms with Gasteiger partial charge in [0.25, 0.3) is 5.56 Å². The van der Waals surface area contributed by atoms with Crippen LogP contribution in [0.1, 0.15) is 18.9 Å². The molecule has 4 N–H and O–H groups in total. The molecule has 1 aliphatic rings. The fourth-order valence-electron chi connectivity index (χ4n) is 2.04. The number of rotatable bonds is 2. The van der Waals surface area contributed by atoms with Gasteiger partial charge in [0, 0.05) is 6.04 Å². The van der Waals surface area contributed by atoms with Gasteiger partial charge in [-0.05, 0) is 31.1 Å². The molecule has 0 saturated carbocycles. The topological polar surface area (TPSA) is 122 Å². The van der Waals surface area contributed by atoms with E-state index in [0.717, 1.165) is 17.7 Å². The molecule has 0 radical (unpaired) electrons. The molecule has 17 heavy (non-hydrogen) atoms. The first-order valence-electron chi connectivity index (χ1n) is 5.33. The van der Waals surface area contributed by atoms with Crippen LogP contribution in [0.3, 0.4) is 0 Å². The summed E-state index contributed by atoms with van der Waals surface area (Å²) in [4.78, 5) is 36.4. The molecule has 0 aromatic carbocycles. The zero-order valence-electron chi connectivity index (χ0n) is 9.10. The number of aromatic amines is 1. The van der Waals surface area contributed by atoms with Crippen LogP contribution < -0.4 is 22.3 Å². The van der Waals surface area contributed by atoms with Gasteiger partial charge < -0.3 is 11.1 Å². The Bertz CT molecular complexity index is 541. The lowest BCUT2D eigenvalue weighted by Gasteiger charge is -2.23. The second-order valence-corrected chi connectivity index (χ2v) is 3.94. The van der Waals surface area contributed by atoms with Crippen LogP contribution in [0.25, 0.3) is 0 Å². The molecule has 1 fully saturated rings. The summed E-state index contributed by atoms with van der Waals surface area (Å²) in [5, 5.41) is 5.70. The van der Waals surface area contributed by atoms with Crippen LogP contribution in [0, 0.1) is 4.91 Å². The Labute approximate surface area is 95.8 Å². The normalized spacial score (nSPS) is 16.9. The van der Waals surface area contributed by atoms with Crippen molar-refractivity contribution in [1.29, 1.82) is 0 Å². The van der Waals surface area contributed by atoms with Gasteiger partial charge in [-0.1, -0.05) is 0 Å². The van der Waals surface area contributed by atoms with Crippen molar-refractivity contribution >= 4 is 11.5 Å². The summed E-state index contributed by atoms with van der Waals surface area (Å²) in [5.74, 6) is -0.278. The van der Waals surface area contributed by atoms with E-state index in [1.54, 1.807) is 0 Å². The van der Waals surface area contributed by atoms with Gasteiger partial charge in [0.05, 0.1) is 0 Å². The van der Waals surface area contributed by atoms with E-state index in [1.165, 1.54) is 0 Å². The summed E-state index contributed by atoms with van der Waals surface area (Å²) in [6.07, 6.45) is 1.32. The molecule has 0 unspecified atom stereocenters. The van der Waals surface area contributed by atoms with Gasteiger partial charge in [0.1, 0.15) is 5.82 Å². The highest BCUT2D eigenvalue weighted by Gasteiger charge is 2.21. The van der Waals surface area contributed by atoms with Crippen LogP contribution in [-0.4, -0.2) is 22.6 Å². The average molecular weight is 239 g/mol. The van der Waals surface area contributed by atoms with Crippen LogP contribution in [0.4, 0.5) is 11.5 Å². The van der Waals surface area contributed by atoms with E-state index in [9.17, 15) is 14.5 Å². The summed E-state index contributed by atoms with van der Waals surface area (Å²) in [6, 6.07) is -0.214. The van der Waals surface area contributed by atoms with Gasteiger partial charge in [0.2, 0.25) is 5.69 Å². The first-order chi connectivity index (χ1) is 8.15. The molecule has 0 amide bonds. The average Bonchev–Trinajstić information content (AvgIpc) is 2.30. The molecule has 0 atom stereocenters. The third kappa shape index (κ3) is 1.98. The van der Waals surface area contributed by atoms with Crippen molar-refractivity contribution in [1.82, 2.24) is 14.9 Å². The second kappa shape index (κ2) is 4.50. The van der Waals surface area contributed by atoms with Gasteiger partial charge in [0.15, 0.2) is 0 Å². The first-order valence-corrected chi connectivity index (χ1v) is 5.33. The fourth-order valence-corrected chi connectivity index (χ4v) is 2.04. The van der Waals surface area contributed by atoms with Crippen LogP contribution in [0.15, 0.2) is 14.8 Å². The smallest absolute Gasteiger partial charge is 0.330 e. The number of H-pyrrole nitrogens is 1. The van der Waals surface area contributed by atoms with E-state index in [4.69, 9.17) is 5.73 Å². The number of hydrogen-bond acceptors (Lipinski definition) is 6. The van der Waals surface area contributed by atoms with Crippen molar-refractivity contribution in [3.8, 4) is 0 Å². The maximum Gasteiger partial charge on any atom is 0.330 e. The van der Waals surface area contributed by atoms with Gasteiger partial charge in [-0.2, -0.15) is 0 Å². The Morgan fingerprint density at radius 3 is 2.53 bits per heavy atom. The van der Waals surface area contributed by atoms with E-state index in [1.807, 2.05) is 0 Å². The number of nitrogen functional groups attached to an aromatic ring is 1. The summed E-state index contributed by atoms with van der Waals surface area (Å²) in [7, 11) is 0. The van der Waals surface area contributed by atoms with Crippen LogP contribution in [-0.2, 0) is 0 Å². The highest BCUT2D eigenvalue weighted by Crippen LogP contribution is 2.17. The molecular formula is C9H13N5O3. The number of aromatic nitrogens is 2. The number of nitrogens with two attached hydrogens (primary N) is 1. The zero-order valence-corrected chi connectivity index (χ0v) is 9.10. The number of anilines is 1. The molecule has 2 heterocycles. The Hall–Kier alpha value is -1.96. The highest BCUT2D eigenvalue weighted by atomic mass is 16.3. The standard InChI is InChI=1S/C9H13N5O3/c10-7-6(13-17)8(15)14(9(16)12-7)5-1-3-11-4-2-5/h5,11H,1-4,10H2,(H,12,16). The van der Waals surface area contributed by atoms with Crippen molar-refractivity contribution in [2.45, 2.75) is 18.9 Å². The largest absolute Gasteiger partial charge is 0.383 e. The molecule has 92 valence electrons. The Morgan fingerprint density at radius 1 is 1.29 bits per heavy atom. The minimum absolute atomic E-state index is 0.214. The summed E-state index contributed by atoms with van der Waals surface area (Å²) in [6.45, 7) is 1.45. The first kappa shape index (κ1) is 11.5. The molecule has 0 bridgehead atoms. The minimum Gasteiger partial charge on any atom is -0.383 e. The van der Waals surface area contributed by atoms with E-state index in [0.29, 0.717) is 12.8 Å². The quantitative estimate of drug-likeness (QED) is 0.597. The molecule has 2 rings (SSSR count). The fraction of sp³-hybridized carbons (Fsp3) is 0.556. The highest BCUT2D eigenvalue weighted by molar-refractivity contribution is 5.54. The van der Waals surface area contributed by atoms with Crippen molar-refractivity contribution in [3.63, 3.8) is 0 Å². The SMILES string of the molecule is Nc1[nH]c(=O)n(C2CCNCC2)c(=O)c1N=O. The third-order valence-corrected chi connectivity index (χ3v) is 2.90. The van der Waals surface area contributed by atoms with Crippen molar-refractivity contribution in [2.24, 2.45) is 5.18 Å². The molecule has 8 heteroatoms. The Morgan fingerprint density at radius 2 is 1.94 bits per heavy atom. The van der Waals surface area contributed by atoms with E-state index < -0.39 is 16.9 Å². The van der Waals surface area contributed by atoms with Gasteiger partial charge >= 0.3 is 5.69 Å². The Balaban J connectivity index is 2.56. The predicted molar refractivity (Wildman–Crippen MR) is 62.3 cm³/mol. The van der Waals surface area contributed by atoms with Gasteiger partial charge in [-0.3, -0.25) is 14.3 Å². The van der Waals surface area contributed by atoms with E-state index in [2.05, 4.69) is 15.5 Å². The van der Waals surface area contributed by atoms with Gasteiger partial charge in [-0.25, -0.2) is 4.79 Å². The molecule has 1 aromatic rings. The van der Waals surface area contributed by atoms with Crippen molar-refractivity contribution in [2.75, 3.05) is 18.8 Å². The van der Waals surface area contributed by atoms with Crippen molar-refractivity contribution < 1.29 is 0 Å². The zero-order chi connectivity index (χ0) is 12.4. The molecular weight excluding hydrogens is 226 g/mol. The maximum absolute atomic E-state index is 11.9. The second-order valence-electron chi connectivity index (χ2n) is 3.94. The molecule has 1 aromatic heterocycles. The predicted octanol–water partition coefficient (Wildman–Crippen LogP) is -0.559. The lowest BCUT2D eigenvalue weighted by atomic mass is 10.1. The molecule has 0 spiro atoms. The van der Waals surface area contributed by atoms with Crippen LogP contribution >= 0.6 is 0 Å². The van der Waals surface area contributed by atoms with E-state index in [-0.39, 0.29) is 11.9 Å². The molecule has 1 aliphatic heterocycles. The third-order valence-electron chi connectivity index (χ3n) is 2.90. The number of nitrogens with zero attached hydrogens (tertiary/aromatic N) is 2. The number of piperidine rings is 1. The summed E-state index contributed by atoms with van der Waals surface area (Å²) >= 11 is 0. The summed E-state index contributed by atoms with van der Waals surface area (Å²) in [5.41, 5.74) is 3.62. The van der Waals surface area contributed by atoms with Crippen LogP contribution in [0.5, 0.6) is 0 Å². The minimum atomic E-state index is -0.715.